The van der Waals surface area contributed by atoms with E-state index >= 15 is 0 Å². The maximum absolute atomic E-state index is 9.61. The van der Waals surface area contributed by atoms with Gasteiger partial charge in [0.1, 0.15) is 0 Å². The fourth-order valence-corrected chi connectivity index (χ4v) is 3.29. The molecular formula is C13H21NO2S. The van der Waals surface area contributed by atoms with Crippen LogP contribution in [0.2, 0.25) is 0 Å². The molecule has 3 nitrogen and oxygen atoms in total. The second-order valence-corrected chi connectivity index (χ2v) is 6.10. The molecule has 0 spiro atoms. The number of aliphatic hydroxyl groups is 1. The molecule has 1 aliphatic heterocycles. The minimum Gasteiger partial charge on any atom is -0.396 e. The summed E-state index contributed by atoms with van der Waals surface area (Å²) in [6, 6.07) is 4.24. The second kappa shape index (κ2) is 5.96. The summed E-state index contributed by atoms with van der Waals surface area (Å²) in [7, 11) is 2.12. The fourth-order valence-electron chi connectivity index (χ4n) is 2.51. The molecule has 1 fully saturated rings. The minimum absolute atomic E-state index is 0.0513. The zero-order chi connectivity index (χ0) is 12.1. The van der Waals surface area contributed by atoms with E-state index in [0.29, 0.717) is 6.61 Å². The highest BCUT2D eigenvalue weighted by molar-refractivity contribution is 7.09. The molecule has 2 rings (SSSR count). The quantitative estimate of drug-likeness (QED) is 0.873. The largest absolute Gasteiger partial charge is 0.396 e. The van der Waals surface area contributed by atoms with Gasteiger partial charge in [0.15, 0.2) is 0 Å². The standard InChI is InChI=1S/C13H21NO2S/c1-14(8-12-4-2-7-17-12)9-13(10-15)5-3-6-16-11-13/h2,4,7,15H,3,5-6,8-11H2,1H3. The van der Waals surface area contributed by atoms with Crippen LogP contribution < -0.4 is 0 Å². The molecule has 4 heteroatoms. The summed E-state index contributed by atoms with van der Waals surface area (Å²) in [4.78, 5) is 3.66. The molecular weight excluding hydrogens is 234 g/mol. The first kappa shape index (κ1) is 13.0. The van der Waals surface area contributed by atoms with E-state index in [2.05, 4.69) is 29.5 Å². The summed E-state index contributed by atoms with van der Waals surface area (Å²) in [5, 5.41) is 11.7. The number of rotatable bonds is 5. The van der Waals surface area contributed by atoms with Gasteiger partial charge in [0.05, 0.1) is 13.2 Å². The molecule has 1 saturated heterocycles. The Kier molecular flexibility index (Phi) is 4.56. The Balaban J connectivity index is 1.89. The molecule has 2 heterocycles. The monoisotopic (exact) mass is 255 g/mol. The Hall–Kier alpha value is -0.420. The van der Waals surface area contributed by atoms with E-state index in [1.165, 1.54) is 4.88 Å². The Morgan fingerprint density at radius 1 is 1.59 bits per heavy atom. The van der Waals surface area contributed by atoms with Crippen molar-refractivity contribution in [2.24, 2.45) is 5.41 Å². The summed E-state index contributed by atoms with van der Waals surface area (Å²) in [6.45, 7) is 3.62. The SMILES string of the molecule is CN(Cc1cccs1)CC1(CO)CCCOC1. The summed E-state index contributed by atoms with van der Waals surface area (Å²) in [6.07, 6.45) is 2.13. The predicted molar refractivity (Wildman–Crippen MR) is 70.2 cm³/mol. The smallest absolute Gasteiger partial charge is 0.0556 e. The normalized spacial score (nSPS) is 25.4. The lowest BCUT2D eigenvalue weighted by atomic mass is 9.83. The van der Waals surface area contributed by atoms with E-state index in [1.807, 2.05) is 0 Å². The number of hydrogen-bond donors (Lipinski definition) is 1. The van der Waals surface area contributed by atoms with Gasteiger partial charge in [0, 0.05) is 30.0 Å². The lowest BCUT2D eigenvalue weighted by Gasteiger charge is -2.38. The van der Waals surface area contributed by atoms with Gasteiger partial charge in [-0.25, -0.2) is 0 Å². The second-order valence-electron chi connectivity index (χ2n) is 5.07. The van der Waals surface area contributed by atoms with E-state index < -0.39 is 0 Å². The average Bonchev–Trinajstić information content (AvgIpc) is 2.83. The van der Waals surface area contributed by atoms with Gasteiger partial charge in [0.2, 0.25) is 0 Å². The molecule has 1 atom stereocenters. The Labute approximate surface area is 107 Å². The number of ether oxygens (including phenoxy) is 1. The van der Waals surface area contributed by atoms with Crippen LogP contribution in [-0.2, 0) is 11.3 Å². The summed E-state index contributed by atoms with van der Waals surface area (Å²) < 4.78 is 5.53. The predicted octanol–water partition coefficient (Wildman–Crippen LogP) is 1.97. The molecule has 1 aromatic heterocycles. The molecule has 1 unspecified atom stereocenters. The molecule has 1 N–H and O–H groups in total. The van der Waals surface area contributed by atoms with E-state index in [4.69, 9.17) is 4.74 Å². The van der Waals surface area contributed by atoms with Gasteiger partial charge in [-0.3, -0.25) is 0 Å². The van der Waals surface area contributed by atoms with Crippen LogP contribution in [0.1, 0.15) is 17.7 Å². The van der Waals surface area contributed by atoms with Crippen molar-refractivity contribution >= 4 is 11.3 Å². The van der Waals surface area contributed by atoms with E-state index in [-0.39, 0.29) is 12.0 Å². The highest BCUT2D eigenvalue weighted by atomic mass is 32.1. The average molecular weight is 255 g/mol. The van der Waals surface area contributed by atoms with Crippen molar-refractivity contribution in [3.05, 3.63) is 22.4 Å². The molecule has 0 radical (unpaired) electrons. The van der Waals surface area contributed by atoms with Crippen LogP contribution in [-0.4, -0.2) is 43.4 Å². The molecule has 0 bridgehead atoms. The van der Waals surface area contributed by atoms with Crippen LogP contribution in [0.4, 0.5) is 0 Å². The molecule has 0 aromatic carbocycles. The third-order valence-corrected chi connectivity index (χ3v) is 4.21. The zero-order valence-corrected chi connectivity index (χ0v) is 11.2. The maximum atomic E-state index is 9.61. The van der Waals surface area contributed by atoms with Gasteiger partial charge < -0.3 is 14.7 Å². The van der Waals surface area contributed by atoms with Gasteiger partial charge >= 0.3 is 0 Å². The zero-order valence-electron chi connectivity index (χ0n) is 10.4. The van der Waals surface area contributed by atoms with Crippen molar-refractivity contribution in [1.82, 2.24) is 4.90 Å². The van der Waals surface area contributed by atoms with Crippen molar-refractivity contribution < 1.29 is 9.84 Å². The summed E-state index contributed by atoms with van der Waals surface area (Å²) in [5.74, 6) is 0. The van der Waals surface area contributed by atoms with Crippen molar-refractivity contribution in [1.29, 1.82) is 0 Å². The van der Waals surface area contributed by atoms with Gasteiger partial charge in [-0.2, -0.15) is 0 Å². The first-order chi connectivity index (χ1) is 8.24. The summed E-state index contributed by atoms with van der Waals surface area (Å²) in [5.41, 5.74) is -0.0513. The Bertz CT molecular complexity index is 320. The fraction of sp³-hybridized carbons (Fsp3) is 0.692. The van der Waals surface area contributed by atoms with Crippen molar-refractivity contribution in [3.63, 3.8) is 0 Å². The minimum atomic E-state index is -0.0513. The van der Waals surface area contributed by atoms with Crippen LogP contribution in [0.15, 0.2) is 17.5 Å². The maximum Gasteiger partial charge on any atom is 0.0556 e. The Morgan fingerprint density at radius 3 is 3.06 bits per heavy atom. The number of nitrogens with zero attached hydrogens (tertiary/aromatic N) is 1. The topological polar surface area (TPSA) is 32.7 Å². The van der Waals surface area contributed by atoms with Crippen molar-refractivity contribution in [2.45, 2.75) is 19.4 Å². The summed E-state index contributed by atoms with van der Waals surface area (Å²) >= 11 is 1.78. The van der Waals surface area contributed by atoms with E-state index in [9.17, 15) is 5.11 Å². The van der Waals surface area contributed by atoms with Crippen LogP contribution in [0.5, 0.6) is 0 Å². The van der Waals surface area contributed by atoms with Gasteiger partial charge in [0.25, 0.3) is 0 Å². The van der Waals surface area contributed by atoms with Crippen LogP contribution >= 0.6 is 11.3 Å². The molecule has 0 saturated carbocycles. The lowest BCUT2D eigenvalue weighted by molar-refractivity contribution is -0.0530. The number of hydrogen-bond acceptors (Lipinski definition) is 4. The lowest BCUT2D eigenvalue weighted by Crippen LogP contribution is -2.44. The molecule has 96 valence electrons. The first-order valence-corrected chi connectivity index (χ1v) is 7.02. The van der Waals surface area contributed by atoms with Crippen LogP contribution in [0.25, 0.3) is 0 Å². The van der Waals surface area contributed by atoms with Gasteiger partial charge in [-0.1, -0.05) is 6.07 Å². The van der Waals surface area contributed by atoms with Crippen LogP contribution in [0.3, 0.4) is 0 Å². The van der Waals surface area contributed by atoms with Crippen molar-refractivity contribution in [2.75, 3.05) is 33.4 Å². The van der Waals surface area contributed by atoms with E-state index in [1.54, 1.807) is 11.3 Å². The number of aliphatic hydroxyl groups excluding tert-OH is 1. The third-order valence-electron chi connectivity index (χ3n) is 3.35. The molecule has 0 amide bonds. The highest BCUT2D eigenvalue weighted by Crippen LogP contribution is 2.29. The van der Waals surface area contributed by atoms with Gasteiger partial charge in [-0.05, 0) is 31.3 Å². The molecule has 1 aliphatic rings. The third kappa shape index (κ3) is 3.52. The van der Waals surface area contributed by atoms with Gasteiger partial charge in [-0.15, -0.1) is 11.3 Å². The van der Waals surface area contributed by atoms with Crippen molar-refractivity contribution in [3.8, 4) is 0 Å². The Morgan fingerprint density at radius 2 is 2.47 bits per heavy atom. The molecule has 0 aliphatic carbocycles. The van der Waals surface area contributed by atoms with Crippen LogP contribution in [0, 0.1) is 5.41 Å². The number of thiophene rings is 1. The highest BCUT2D eigenvalue weighted by Gasteiger charge is 2.33. The van der Waals surface area contributed by atoms with E-state index in [0.717, 1.165) is 32.5 Å². The molecule has 1 aromatic rings. The first-order valence-electron chi connectivity index (χ1n) is 6.14. The molecule has 17 heavy (non-hydrogen) atoms.